The quantitative estimate of drug-likeness (QED) is 0.122. The standard InChI is InChI=1S/C26H39F3O3/c1-4-32-26(31)22(21-18-20(3)23(27)25(29)24(21)28)19(2)16-14-12-10-8-6-5-7-9-11-13-15-17-30/h18,30H,4-17H2,1-3H3/b22-19+. The normalized spacial score (nSPS) is 12.1. The molecule has 0 aliphatic carbocycles. The van der Waals surface area contributed by atoms with Gasteiger partial charge < -0.3 is 9.84 Å². The fourth-order valence-electron chi connectivity index (χ4n) is 3.85. The summed E-state index contributed by atoms with van der Waals surface area (Å²) < 4.78 is 47.2. The number of esters is 1. The van der Waals surface area contributed by atoms with E-state index < -0.39 is 23.4 Å². The van der Waals surface area contributed by atoms with Crippen molar-refractivity contribution in [2.75, 3.05) is 13.2 Å². The van der Waals surface area contributed by atoms with Crippen molar-refractivity contribution in [3.05, 3.63) is 40.2 Å². The van der Waals surface area contributed by atoms with Crippen LogP contribution in [0.15, 0.2) is 11.6 Å². The number of halogens is 3. The lowest BCUT2D eigenvalue weighted by atomic mass is 9.94. The number of carbonyl (C=O) groups is 1. The molecule has 1 rings (SSSR count). The van der Waals surface area contributed by atoms with Gasteiger partial charge in [-0.05, 0) is 51.7 Å². The van der Waals surface area contributed by atoms with Crippen LogP contribution < -0.4 is 0 Å². The van der Waals surface area contributed by atoms with Crippen LogP contribution >= 0.6 is 0 Å². The highest BCUT2D eigenvalue weighted by molar-refractivity contribution is 6.17. The first kappa shape index (κ1) is 28.2. The molecule has 0 unspecified atom stereocenters. The van der Waals surface area contributed by atoms with Crippen molar-refractivity contribution < 1.29 is 27.8 Å². The molecular formula is C26H39F3O3. The largest absolute Gasteiger partial charge is 0.462 e. The Morgan fingerprint density at radius 3 is 1.84 bits per heavy atom. The summed E-state index contributed by atoms with van der Waals surface area (Å²) in [7, 11) is 0. The van der Waals surface area contributed by atoms with Crippen molar-refractivity contribution in [3.63, 3.8) is 0 Å². The Balaban J connectivity index is 2.59. The van der Waals surface area contributed by atoms with Crippen LogP contribution in [0, 0.1) is 24.4 Å². The highest BCUT2D eigenvalue weighted by Crippen LogP contribution is 2.30. The Bertz CT molecular complexity index is 744. The van der Waals surface area contributed by atoms with Gasteiger partial charge in [0.2, 0.25) is 0 Å². The number of rotatable bonds is 16. The van der Waals surface area contributed by atoms with Crippen LogP contribution in [-0.2, 0) is 9.53 Å². The zero-order chi connectivity index (χ0) is 23.9. The minimum absolute atomic E-state index is 0.00690. The van der Waals surface area contributed by atoms with Gasteiger partial charge in [-0.1, -0.05) is 63.4 Å². The molecule has 0 spiro atoms. The molecule has 3 nitrogen and oxygen atoms in total. The fourth-order valence-corrected chi connectivity index (χ4v) is 3.85. The van der Waals surface area contributed by atoms with Gasteiger partial charge in [-0.15, -0.1) is 0 Å². The minimum atomic E-state index is -1.57. The van der Waals surface area contributed by atoms with Gasteiger partial charge >= 0.3 is 5.97 Å². The van der Waals surface area contributed by atoms with Crippen molar-refractivity contribution in [1.29, 1.82) is 0 Å². The van der Waals surface area contributed by atoms with Gasteiger partial charge in [0.05, 0.1) is 12.2 Å². The molecule has 1 aromatic rings. The van der Waals surface area contributed by atoms with Gasteiger partial charge in [0, 0.05) is 12.2 Å². The molecule has 0 heterocycles. The summed E-state index contributed by atoms with van der Waals surface area (Å²) in [5, 5.41) is 8.76. The molecule has 32 heavy (non-hydrogen) atoms. The summed E-state index contributed by atoms with van der Waals surface area (Å²) in [5.74, 6) is -4.87. The third-order valence-electron chi connectivity index (χ3n) is 5.71. The van der Waals surface area contributed by atoms with Crippen LogP contribution in [-0.4, -0.2) is 24.3 Å². The summed E-state index contributed by atoms with van der Waals surface area (Å²) in [5.41, 5.74) is 0.321. The Kier molecular flexibility index (Phi) is 14.0. The van der Waals surface area contributed by atoms with E-state index in [4.69, 9.17) is 9.84 Å². The van der Waals surface area contributed by atoms with E-state index in [0.717, 1.165) is 38.5 Å². The molecule has 0 radical (unpaired) electrons. The van der Waals surface area contributed by atoms with E-state index >= 15 is 0 Å². The summed E-state index contributed by atoms with van der Waals surface area (Å²) in [6, 6.07) is 1.17. The topological polar surface area (TPSA) is 46.5 Å². The van der Waals surface area contributed by atoms with Gasteiger partial charge in [0.1, 0.15) is 0 Å². The zero-order valence-electron chi connectivity index (χ0n) is 19.9. The van der Waals surface area contributed by atoms with E-state index in [1.807, 2.05) is 0 Å². The van der Waals surface area contributed by atoms with Crippen molar-refractivity contribution in [3.8, 4) is 0 Å². The maximum Gasteiger partial charge on any atom is 0.338 e. The molecular weight excluding hydrogens is 417 g/mol. The number of aliphatic hydroxyl groups excluding tert-OH is 1. The van der Waals surface area contributed by atoms with Crippen LogP contribution in [0.2, 0.25) is 0 Å². The smallest absolute Gasteiger partial charge is 0.338 e. The number of hydrogen-bond acceptors (Lipinski definition) is 3. The van der Waals surface area contributed by atoms with Gasteiger partial charge in [-0.25, -0.2) is 18.0 Å². The number of aliphatic hydroxyl groups is 1. The monoisotopic (exact) mass is 456 g/mol. The Morgan fingerprint density at radius 2 is 1.34 bits per heavy atom. The molecule has 0 amide bonds. The minimum Gasteiger partial charge on any atom is -0.462 e. The van der Waals surface area contributed by atoms with Crippen molar-refractivity contribution in [2.24, 2.45) is 0 Å². The summed E-state index contributed by atoms with van der Waals surface area (Å²) >= 11 is 0. The zero-order valence-corrected chi connectivity index (χ0v) is 19.9. The van der Waals surface area contributed by atoms with E-state index in [1.165, 1.54) is 45.1 Å². The Hall–Kier alpha value is -1.82. The summed E-state index contributed by atoms with van der Waals surface area (Å²) in [4.78, 5) is 12.5. The van der Waals surface area contributed by atoms with Crippen LogP contribution in [0.5, 0.6) is 0 Å². The number of hydrogen-bond donors (Lipinski definition) is 1. The third kappa shape index (κ3) is 9.35. The molecule has 182 valence electrons. The number of unbranched alkanes of at least 4 members (excludes halogenated alkanes) is 10. The number of aryl methyl sites for hydroxylation is 1. The number of ether oxygens (including phenoxy) is 1. The molecule has 0 atom stereocenters. The Morgan fingerprint density at radius 1 is 0.844 bits per heavy atom. The first-order valence-corrected chi connectivity index (χ1v) is 12.0. The van der Waals surface area contributed by atoms with Crippen molar-refractivity contribution in [2.45, 2.75) is 97.8 Å². The van der Waals surface area contributed by atoms with Gasteiger partial charge in [-0.2, -0.15) is 0 Å². The highest BCUT2D eigenvalue weighted by atomic mass is 19.2. The number of allylic oxidation sites excluding steroid dienone is 1. The van der Waals surface area contributed by atoms with E-state index in [0.29, 0.717) is 12.0 Å². The number of carbonyl (C=O) groups excluding carboxylic acids is 1. The molecule has 0 aliphatic rings. The van der Waals surface area contributed by atoms with E-state index in [1.54, 1.807) is 13.8 Å². The van der Waals surface area contributed by atoms with Gasteiger partial charge in [0.25, 0.3) is 0 Å². The van der Waals surface area contributed by atoms with Gasteiger partial charge in [0.15, 0.2) is 17.5 Å². The SMILES string of the molecule is CCOC(=O)/C(=C(\C)CCCCCCCCCCCCCO)c1cc(C)c(F)c(F)c1F. The van der Waals surface area contributed by atoms with Crippen LogP contribution in [0.25, 0.3) is 5.57 Å². The third-order valence-corrected chi connectivity index (χ3v) is 5.71. The molecule has 6 heteroatoms. The lowest BCUT2D eigenvalue weighted by Crippen LogP contribution is -2.12. The molecule has 0 saturated heterocycles. The second-order valence-electron chi connectivity index (χ2n) is 8.42. The van der Waals surface area contributed by atoms with E-state index in [9.17, 15) is 18.0 Å². The maximum absolute atomic E-state index is 14.5. The average Bonchev–Trinajstić information content (AvgIpc) is 2.77. The molecule has 0 aliphatic heterocycles. The fraction of sp³-hybridized carbons (Fsp3) is 0.654. The summed E-state index contributed by atoms with van der Waals surface area (Å²) in [6.07, 6.45) is 12.7. The van der Waals surface area contributed by atoms with Crippen molar-refractivity contribution >= 4 is 11.5 Å². The second kappa shape index (κ2) is 15.9. The molecule has 0 bridgehead atoms. The van der Waals surface area contributed by atoms with E-state index in [2.05, 4.69) is 0 Å². The van der Waals surface area contributed by atoms with E-state index in [-0.39, 0.29) is 29.9 Å². The van der Waals surface area contributed by atoms with Crippen LogP contribution in [0.1, 0.15) is 102 Å². The second-order valence-corrected chi connectivity index (χ2v) is 8.42. The molecule has 0 saturated carbocycles. The van der Waals surface area contributed by atoms with Crippen LogP contribution in [0.3, 0.4) is 0 Å². The lowest BCUT2D eigenvalue weighted by Gasteiger charge is -2.14. The summed E-state index contributed by atoms with van der Waals surface area (Å²) in [6.45, 7) is 5.10. The maximum atomic E-state index is 14.5. The van der Waals surface area contributed by atoms with Gasteiger partial charge in [-0.3, -0.25) is 0 Å². The first-order chi connectivity index (χ1) is 15.3. The average molecular weight is 457 g/mol. The molecule has 0 aromatic heterocycles. The predicted molar refractivity (Wildman–Crippen MR) is 123 cm³/mol. The lowest BCUT2D eigenvalue weighted by molar-refractivity contribution is -0.136. The molecule has 0 fully saturated rings. The number of benzene rings is 1. The predicted octanol–water partition coefficient (Wildman–Crippen LogP) is 7.42. The van der Waals surface area contributed by atoms with Crippen molar-refractivity contribution in [1.82, 2.24) is 0 Å². The molecule has 1 N–H and O–H groups in total. The highest BCUT2D eigenvalue weighted by Gasteiger charge is 2.25. The Labute approximate surface area is 191 Å². The first-order valence-electron chi connectivity index (χ1n) is 12.0. The molecule has 1 aromatic carbocycles. The van der Waals surface area contributed by atoms with Crippen LogP contribution in [0.4, 0.5) is 13.2 Å².